The van der Waals surface area contributed by atoms with Crippen molar-refractivity contribution in [1.29, 1.82) is 0 Å². The summed E-state index contributed by atoms with van der Waals surface area (Å²) in [6.07, 6.45) is 0. The van der Waals surface area contributed by atoms with Gasteiger partial charge in [0.25, 0.3) is 0 Å². The molecule has 0 unspecified atom stereocenters. The predicted molar refractivity (Wildman–Crippen MR) is 82.8 cm³/mol. The van der Waals surface area contributed by atoms with Gasteiger partial charge < -0.3 is 10.5 Å². The molecule has 0 saturated heterocycles. The highest BCUT2D eigenvalue weighted by Crippen LogP contribution is 2.32. The minimum Gasteiger partial charge on any atom is -0.496 e. The number of benzene rings is 2. The van der Waals surface area contributed by atoms with Crippen LogP contribution in [0, 0.1) is 0 Å². The summed E-state index contributed by atoms with van der Waals surface area (Å²) in [6.45, 7) is 0. The van der Waals surface area contributed by atoms with Gasteiger partial charge in [-0.2, -0.15) is 4.68 Å². The molecule has 0 aliphatic rings. The zero-order chi connectivity index (χ0) is 14.8. The fraction of sp³-hybridized carbons (Fsp3) is 0.0667. The number of nitrogens with two attached hydrogens (primary N) is 1. The molecule has 0 aliphatic carbocycles. The lowest BCUT2D eigenvalue weighted by molar-refractivity contribution is 0.416. The van der Waals surface area contributed by atoms with E-state index < -0.39 is 0 Å². The minimum absolute atomic E-state index is 0.432. The van der Waals surface area contributed by atoms with Crippen molar-refractivity contribution >= 4 is 17.4 Å². The van der Waals surface area contributed by atoms with Crippen LogP contribution in [0.3, 0.4) is 0 Å². The van der Waals surface area contributed by atoms with Gasteiger partial charge in [0, 0.05) is 10.6 Å². The molecule has 0 spiro atoms. The van der Waals surface area contributed by atoms with E-state index in [9.17, 15) is 0 Å². The van der Waals surface area contributed by atoms with Gasteiger partial charge in [0.2, 0.25) is 0 Å². The molecule has 3 rings (SSSR count). The van der Waals surface area contributed by atoms with Crippen LogP contribution in [-0.2, 0) is 0 Å². The van der Waals surface area contributed by atoms with Crippen molar-refractivity contribution in [3.63, 3.8) is 0 Å². The summed E-state index contributed by atoms with van der Waals surface area (Å²) >= 11 is 6.00. The van der Waals surface area contributed by atoms with Gasteiger partial charge in [0.15, 0.2) is 5.82 Å². The van der Waals surface area contributed by atoms with Gasteiger partial charge in [0.05, 0.1) is 12.8 Å². The summed E-state index contributed by atoms with van der Waals surface area (Å²) in [4.78, 5) is 0. The molecule has 1 aromatic heterocycles. The number of halogens is 1. The summed E-state index contributed by atoms with van der Waals surface area (Å²) < 4.78 is 6.88. The van der Waals surface area contributed by atoms with Crippen molar-refractivity contribution < 1.29 is 4.74 Å². The van der Waals surface area contributed by atoms with Gasteiger partial charge in [-0.25, -0.2) is 0 Å². The van der Waals surface area contributed by atoms with Gasteiger partial charge in [-0.15, -0.1) is 5.10 Å². The minimum atomic E-state index is 0.432. The number of para-hydroxylation sites is 1. The second kappa shape index (κ2) is 5.46. The van der Waals surface area contributed by atoms with Crippen molar-refractivity contribution in [1.82, 2.24) is 15.0 Å². The molecule has 5 nitrogen and oxygen atoms in total. The van der Waals surface area contributed by atoms with Crippen LogP contribution in [-0.4, -0.2) is 22.1 Å². The van der Waals surface area contributed by atoms with Crippen molar-refractivity contribution in [2.75, 3.05) is 12.8 Å². The smallest absolute Gasteiger partial charge is 0.156 e. The Morgan fingerprint density at radius 3 is 2.71 bits per heavy atom. The van der Waals surface area contributed by atoms with Crippen molar-refractivity contribution in [2.24, 2.45) is 0 Å². The molecule has 0 fully saturated rings. The molecule has 6 heteroatoms. The highest BCUT2D eigenvalue weighted by molar-refractivity contribution is 6.30. The molecule has 1 heterocycles. The van der Waals surface area contributed by atoms with E-state index in [0.717, 1.165) is 11.3 Å². The average Bonchev–Trinajstić information content (AvgIpc) is 2.89. The van der Waals surface area contributed by atoms with Gasteiger partial charge in [-0.1, -0.05) is 35.0 Å². The fourth-order valence-corrected chi connectivity index (χ4v) is 2.30. The number of hydrogen-bond donors (Lipinski definition) is 1. The number of anilines is 1. The van der Waals surface area contributed by atoms with Crippen LogP contribution in [0.5, 0.6) is 5.75 Å². The van der Waals surface area contributed by atoms with E-state index in [-0.39, 0.29) is 0 Å². The van der Waals surface area contributed by atoms with Gasteiger partial charge in [-0.3, -0.25) is 0 Å². The normalized spacial score (nSPS) is 10.6. The molecule has 2 aromatic carbocycles. The summed E-state index contributed by atoms with van der Waals surface area (Å²) in [6, 6.07) is 14.8. The van der Waals surface area contributed by atoms with Crippen LogP contribution < -0.4 is 10.5 Å². The molecule has 0 radical (unpaired) electrons. The lowest BCUT2D eigenvalue weighted by atomic mass is 10.1. The van der Waals surface area contributed by atoms with E-state index in [2.05, 4.69) is 10.3 Å². The Morgan fingerprint density at radius 1 is 1.14 bits per heavy atom. The molecule has 21 heavy (non-hydrogen) atoms. The first kappa shape index (κ1) is 13.5. The Labute approximate surface area is 126 Å². The van der Waals surface area contributed by atoms with Crippen LogP contribution in [0.15, 0.2) is 48.5 Å². The predicted octanol–water partition coefficient (Wildman–Crippen LogP) is 3.18. The van der Waals surface area contributed by atoms with E-state index in [0.29, 0.717) is 22.3 Å². The molecule has 3 aromatic rings. The first-order valence-electron chi connectivity index (χ1n) is 6.31. The first-order valence-corrected chi connectivity index (χ1v) is 6.69. The maximum absolute atomic E-state index is 6.18. The third-order valence-corrected chi connectivity index (χ3v) is 3.35. The van der Waals surface area contributed by atoms with Crippen LogP contribution >= 0.6 is 11.6 Å². The Balaban J connectivity index is 2.11. The molecule has 0 atom stereocenters. The largest absolute Gasteiger partial charge is 0.496 e. The maximum atomic E-state index is 6.18. The number of nitrogens with zero attached hydrogens (tertiary/aromatic N) is 3. The second-order valence-electron chi connectivity index (χ2n) is 4.42. The molecule has 0 aliphatic heterocycles. The monoisotopic (exact) mass is 300 g/mol. The number of nitrogen functional groups attached to an aromatic ring is 1. The fourth-order valence-electron chi connectivity index (χ4n) is 2.12. The van der Waals surface area contributed by atoms with E-state index in [1.807, 2.05) is 36.4 Å². The van der Waals surface area contributed by atoms with Crippen LogP contribution in [0.1, 0.15) is 0 Å². The number of aromatic nitrogens is 3. The quantitative estimate of drug-likeness (QED) is 0.807. The van der Waals surface area contributed by atoms with Gasteiger partial charge in [0.1, 0.15) is 11.4 Å². The molecule has 0 bridgehead atoms. The Morgan fingerprint density at radius 2 is 1.95 bits per heavy atom. The lowest BCUT2D eigenvalue weighted by Gasteiger charge is -2.07. The summed E-state index contributed by atoms with van der Waals surface area (Å²) in [5, 5.41) is 8.88. The average molecular weight is 301 g/mol. The van der Waals surface area contributed by atoms with Crippen molar-refractivity contribution in [3.05, 3.63) is 53.6 Å². The highest BCUT2D eigenvalue weighted by atomic mass is 35.5. The SMILES string of the molecule is COc1ccccc1-c1nnn(-c2cccc(Cl)c2)c1N. The molecule has 0 saturated carbocycles. The topological polar surface area (TPSA) is 66.0 Å². The van der Waals surface area contributed by atoms with Crippen LogP contribution in [0.2, 0.25) is 5.02 Å². The Kier molecular flexibility index (Phi) is 3.50. The van der Waals surface area contributed by atoms with Crippen molar-refractivity contribution in [3.8, 4) is 22.7 Å². The number of hydrogen-bond acceptors (Lipinski definition) is 4. The third-order valence-electron chi connectivity index (χ3n) is 3.12. The molecular weight excluding hydrogens is 288 g/mol. The molecule has 2 N–H and O–H groups in total. The first-order chi connectivity index (χ1) is 10.2. The number of rotatable bonds is 3. The third kappa shape index (κ3) is 2.43. The van der Waals surface area contributed by atoms with E-state index >= 15 is 0 Å². The zero-order valence-corrected chi connectivity index (χ0v) is 12.1. The number of methoxy groups -OCH3 is 1. The lowest BCUT2D eigenvalue weighted by Crippen LogP contribution is -2.02. The summed E-state index contributed by atoms with van der Waals surface area (Å²) in [5.74, 6) is 1.13. The maximum Gasteiger partial charge on any atom is 0.156 e. The van der Waals surface area contributed by atoms with Crippen LogP contribution in [0.4, 0.5) is 5.82 Å². The molecular formula is C15H13ClN4O. The van der Waals surface area contributed by atoms with Crippen LogP contribution in [0.25, 0.3) is 16.9 Å². The Hall–Kier alpha value is -2.53. The zero-order valence-electron chi connectivity index (χ0n) is 11.3. The molecule has 106 valence electrons. The van der Waals surface area contributed by atoms with E-state index in [4.69, 9.17) is 22.1 Å². The second-order valence-corrected chi connectivity index (χ2v) is 4.85. The summed E-state index contributed by atoms with van der Waals surface area (Å²) in [5.41, 5.74) is 8.31. The molecule has 0 amide bonds. The Bertz CT molecular complexity index is 785. The van der Waals surface area contributed by atoms with E-state index in [1.54, 1.807) is 23.9 Å². The van der Waals surface area contributed by atoms with Crippen molar-refractivity contribution in [2.45, 2.75) is 0 Å². The van der Waals surface area contributed by atoms with E-state index in [1.165, 1.54) is 0 Å². The number of ether oxygens (including phenoxy) is 1. The summed E-state index contributed by atoms with van der Waals surface area (Å²) in [7, 11) is 1.61. The van der Waals surface area contributed by atoms with Gasteiger partial charge in [-0.05, 0) is 30.3 Å². The highest BCUT2D eigenvalue weighted by Gasteiger charge is 2.16. The van der Waals surface area contributed by atoms with Gasteiger partial charge >= 0.3 is 0 Å². The standard InChI is InChI=1S/C15H13ClN4O/c1-21-13-8-3-2-7-12(13)14-15(17)20(19-18-14)11-6-4-5-10(16)9-11/h2-9H,17H2,1H3.